The van der Waals surface area contributed by atoms with Gasteiger partial charge in [-0.05, 0) is 123 Å². The Bertz CT molecular complexity index is 599. The summed E-state index contributed by atoms with van der Waals surface area (Å²) in [4.78, 5) is 0. The zero-order valence-electron chi connectivity index (χ0n) is 20.6. The van der Waals surface area contributed by atoms with Crippen LogP contribution < -0.4 is 0 Å². The van der Waals surface area contributed by atoms with Crippen LogP contribution in [0.25, 0.3) is 0 Å². The molecule has 0 aromatic rings. The van der Waals surface area contributed by atoms with Crippen molar-refractivity contribution in [3.05, 3.63) is 11.6 Å². The van der Waals surface area contributed by atoms with Crippen LogP contribution in [0.5, 0.6) is 0 Å². The summed E-state index contributed by atoms with van der Waals surface area (Å²) in [6, 6.07) is 0. The Hall–Kier alpha value is -0.260. The predicted octanol–water partition coefficient (Wildman–Crippen LogP) is 9.05. The summed E-state index contributed by atoms with van der Waals surface area (Å²) in [6.45, 7) is 15.1. The third-order valence-corrected chi connectivity index (χ3v) is 11.3. The molecule has 4 saturated carbocycles. The van der Waals surface area contributed by atoms with Gasteiger partial charge in [-0.3, -0.25) is 0 Å². The van der Waals surface area contributed by atoms with Crippen molar-refractivity contribution in [1.29, 1.82) is 0 Å². The van der Waals surface area contributed by atoms with Crippen LogP contribution in [0, 0.1) is 52.3 Å². The minimum atomic E-state index is 0.645. The van der Waals surface area contributed by atoms with Crippen LogP contribution in [0.3, 0.4) is 0 Å². The van der Waals surface area contributed by atoms with Crippen molar-refractivity contribution in [3.63, 3.8) is 0 Å². The second kappa shape index (κ2) is 8.35. The minimum Gasteiger partial charge on any atom is -0.0882 e. The van der Waals surface area contributed by atoms with Gasteiger partial charge in [0.1, 0.15) is 0 Å². The monoisotopic (exact) mass is 398 g/mol. The molecule has 0 N–H and O–H groups in total. The summed E-state index contributed by atoms with van der Waals surface area (Å²) in [5, 5.41) is 0. The van der Waals surface area contributed by atoms with Gasteiger partial charge in [-0.1, -0.05) is 59.1 Å². The SMILES string of the molecule is C/C=C(\CC[C@@H](C)[C@H]1CC[C@H]2[C@@H]3CC[C@H]4CCCC[C@]4(C)[C@H]3CC[C@]12C)C(C)C. The van der Waals surface area contributed by atoms with Gasteiger partial charge in [0.25, 0.3) is 0 Å². The lowest BCUT2D eigenvalue weighted by Crippen LogP contribution is -2.53. The lowest BCUT2D eigenvalue weighted by atomic mass is 9.44. The Morgan fingerprint density at radius 1 is 0.862 bits per heavy atom. The zero-order valence-corrected chi connectivity index (χ0v) is 20.6. The highest BCUT2D eigenvalue weighted by atomic mass is 14.6. The molecule has 0 heteroatoms. The minimum absolute atomic E-state index is 0.645. The van der Waals surface area contributed by atoms with E-state index in [0.29, 0.717) is 10.8 Å². The van der Waals surface area contributed by atoms with Crippen molar-refractivity contribution >= 4 is 0 Å². The topological polar surface area (TPSA) is 0 Å². The average Bonchev–Trinajstić information content (AvgIpc) is 3.05. The number of rotatable bonds is 5. The van der Waals surface area contributed by atoms with Crippen molar-refractivity contribution in [1.82, 2.24) is 0 Å². The van der Waals surface area contributed by atoms with Crippen LogP contribution in [-0.4, -0.2) is 0 Å². The van der Waals surface area contributed by atoms with Gasteiger partial charge in [-0.25, -0.2) is 0 Å². The highest BCUT2D eigenvalue weighted by Gasteiger charge is 2.60. The Morgan fingerprint density at radius 2 is 1.62 bits per heavy atom. The van der Waals surface area contributed by atoms with Crippen LogP contribution in [0.1, 0.15) is 119 Å². The van der Waals surface area contributed by atoms with Gasteiger partial charge in [0.15, 0.2) is 0 Å². The fourth-order valence-corrected chi connectivity index (χ4v) is 9.63. The molecule has 0 nitrogen and oxygen atoms in total. The molecule has 0 heterocycles. The third kappa shape index (κ3) is 3.67. The molecular formula is C29H50. The maximum Gasteiger partial charge on any atom is -0.0260 e. The first kappa shape index (κ1) is 22.0. The van der Waals surface area contributed by atoms with Gasteiger partial charge in [0, 0.05) is 0 Å². The van der Waals surface area contributed by atoms with Crippen LogP contribution in [0.4, 0.5) is 0 Å². The van der Waals surface area contributed by atoms with E-state index in [1.807, 2.05) is 0 Å². The van der Waals surface area contributed by atoms with Gasteiger partial charge < -0.3 is 0 Å². The summed E-state index contributed by atoms with van der Waals surface area (Å²) in [6.07, 6.45) is 20.6. The standard InChI is InChI=1S/C29H50/c1-7-22(20(2)3)12-11-21(4)25-15-16-26-24-14-13-23-10-8-9-18-28(23,5)27(24)17-19-29(25,26)6/h7,20-21,23-27H,8-19H2,1-6H3/b22-7+/t21-,23-,24+,25-,26+,27+,28+,29-/m1/s1. The van der Waals surface area contributed by atoms with Crippen molar-refractivity contribution < 1.29 is 0 Å². The van der Waals surface area contributed by atoms with E-state index in [9.17, 15) is 0 Å². The van der Waals surface area contributed by atoms with E-state index < -0.39 is 0 Å². The molecule has 4 fully saturated rings. The van der Waals surface area contributed by atoms with E-state index in [0.717, 1.165) is 41.4 Å². The molecule has 0 aromatic heterocycles. The van der Waals surface area contributed by atoms with Crippen molar-refractivity contribution in [3.8, 4) is 0 Å². The zero-order chi connectivity index (χ0) is 20.8. The summed E-state index contributed by atoms with van der Waals surface area (Å²) in [7, 11) is 0. The van der Waals surface area contributed by atoms with Crippen molar-refractivity contribution in [2.75, 3.05) is 0 Å². The van der Waals surface area contributed by atoms with Gasteiger partial charge in [-0.2, -0.15) is 0 Å². The molecule has 0 spiro atoms. The fraction of sp³-hybridized carbons (Fsp3) is 0.931. The lowest BCUT2D eigenvalue weighted by molar-refractivity contribution is -0.114. The van der Waals surface area contributed by atoms with Crippen LogP contribution in [0.2, 0.25) is 0 Å². The van der Waals surface area contributed by atoms with E-state index in [2.05, 4.69) is 47.6 Å². The number of hydrogen-bond acceptors (Lipinski definition) is 0. The first-order chi connectivity index (χ1) is 13.8. The smallest absolute Gasteiger partial charge is 0.0260 e. The van der Waals surface area contributed by atoms with E-state index in [4.69, 9.17) is 0 Å². The molecule has 4 rings (SSSR count). The Balaban J connectivity index is 1.46. The van der Waals surface area contributed by atoms with Gasteiger partial charge in [0.2, 0.25) is 0 Å². The Morgan fingerprint density at radius 3 is 2.34 bits per heavy atom. The highest BCUT2D eigenvalue weighted by Crippen LogP contribution is 2.68. The van der Waals surface area contributed by atoms with Crippen LogP contribution in [-0.2, 0) is 0 Å². The van der Waals surface area contributed by atoms with Crippen LogP contribution in [0.15, 0.2) is 11.6 Å². The highest BCUT2D eigenvalue weighted by molar-refractivity contribution is 5.10. The number of allylic oxidation sites excluding steroid dienone is 2. The predicted molar refractivity (Wildman–Crippen MR) is 127 cm³/mol. The molecule has 4 aliphatic rings. The molecule has 0 bridgehead atoms. The molecule has 0 unspecified atom stereocenters. The average molecular weight is 399 g/mol. The summed E-state index contributed by atoms with van der Waals surface area (Å²) in [5.74, 6) is 6.83. The lowest BCUT2D eigenvalue weighted by Gasteiger charge is -2.61. The van der Waals surface area contributed by atoms with Gasteiger partial charge in [0.05, 0.1) is 0 Å². The van der Waals surface area contributed by atoms with Crippen LogP contribution >= 0.6 is 0 Å². The van der Waals surface area contributed by atoms with E-state index in [1.165, 1.54) is 38.5 Å². The third-order valence-electron chi connectivity index (χ3n) is 11.3. The maximum atomic E-state index is 2.75. The van der Waals surface area contributed by atoms with Crippen molar-refractivity contribution in [2.45, 2.75) is 119 Å². The summed E-state index contributed by atoms with van der Waals surface area (Å²) < 4.78 is 0. The second-order valence-corrected chi connectivity index (χ2v) is 12.7. The molecule has 0 amide bonds. The molecule has 0 radical (unpaired) electrons. The first-order valence-corrected chi connectivity index (χ1v) is 13.5. The molecular weight excluding hydrogens is 348 g/mol. The van der Waals surface area contributed by atoms with Gasteiger partial charge in [-0.15, -0.1) is 0 Å². The number of hydrogen-bond donors (Lipinski definition) is 0. The second-order valence-electron chi connectivity index (χ2n) is 12.7. The van der Waals surface area contributed by atoms with Crippen molar-refractivity contribution in [2.24, 2.45) is 52.3 Å². The summed E-state index contributed by atoms with van der Waals surface area (Å²) in [5.41, 5.74) is 3.03. The largest absolute Gasteiger partial charge is 0.0882 e. The molecule has 8 atom stereocenters. The summed E-state index contributed by atoms with van der Waals surface area (Å²) >= 11 is 0. The molecule has 4 aliphatic carbocycles. The van der Waals surface area contributed by atoms with E-state index in [-0.39, 0.29) is 0 Å². The fourth-order valence-electron chi connectivity index (χ4n) is 9.63. The molecule has 0 saturated heterocycles. The van der Waals surface area contributed by atoms with Gasteiger partial charge >= 0.3 is 0 Å². The van der Waals surface area contributed by atoms with E-state index in [1.54, 1.807) is 44.1 Å². The molecule has 0 aromatic carbocycles. The normalized spacial score (nSPS) is 46.2. The quantitative estimate of drug-likeness (QED) is 0.405. The Kier molecular flexibility index (Phi) is 6.32. The van der Waals surface area contributed by atoms with E-state index >= 15 is 0 Å². The first-order valence-electron chi connectivity index (χ1n) is 13.5. The molecule has 166 valence electrons. The maximum absolute atomic E-state index is 2.75. The molecule has 29 heavy (non-hydrogen) atoms. The Labute approximate surface area is 182 Å². The molecule has 0 aliphatic heterocycles. The number of fused-ring (bicyclic) bond motifs is 5.